The largest absolute Gasteiger partial charge is 0.380 e. The Bertz CT molecular complexity index is 1200. The molecule has 0 radical (unpaired) electrons. The van der Waals surface area contributed by atoms with Gasteiger partial charge in [-0.05, 0) is 43.7 Å². The third-order valence-corrected chi connectivity index (χ3v) is 6.63. The van der Waals surface area contributed by atoms with Crippen molar-refractivity contribution < 1.29 is 9.53 Å². The van der Waals surface area contributed by atoms with E-state index in [-0.39, 0.29) is 11.4 Å². The molecular weight excluding hydrogens is 410 g/mol. The van der Waals surface area contributed by atoms with E-state index in [1.54, 1.807) is 11.0 Å². The lowest BCUT2D eigenvalue weighted by Gasteiger charge is -2.54. The molecule has 3 aromatic rings. The molecule has 0 aliphatic carbocycles. The number of nitrogens with one attached hydrogen (secondary N) is 1. The monoisotopic (exact) mass is 431 g/mol. The average molecular weight is 432 g/mol. The van der Waals surface area contributed by atoms with Crippen LogP contribution >= 0.6 is 11.3 Å². The van der Waals surface area contributed by atoms with Crippen LogP contribution in [-0.4, -0.2) is 47.2 Å². The second-order valence-corrected chi connectivity index (χ2v) is 9.31. The van der Waals surface area contributed by atoms with Crippen LogP contribution in [0.15, 0.2) is 36.4 Å². The SMILES string of the molecule is Cc1cc(-c2sc(NC(=O)N3CC4(COC4)C3)nc2-c2cccc(C#N)c2)cc(C)n1. The number of ether oxygens (including phenoxy) is 1. The van der Waals surface area contributed by atoms with Gasteiger partial charge in [0.2, 0.25) is 0 Å². The Labute approximate surface area is 184 Å². The van der Waals surface area contributed by atoms with Crippen LogP contribution in [0.4, 0.5) is 9.93 Å². The fraction of sp³-hybridized carbons (Fsp3) is 0.304. The van der Waals surface area contributed by atoms with Crippen molar-refractivity contribution in [3.05, 3.63) is 53.3 Å². The number of pyridine rings is 1. The number of likely N-dealkylation sites (tertiary alicyclic amines) is 1. The molecule has 8 heteroatoms. The summed E-state index contributed by atoms with van der Waals surface area (Å²) in [4.78, 5) is 24.7. The number of nitriles is 1. The molecule has 2 aliphatic heterocycles. The van der Waals surface area contributed by atoms with Crippen LogP contribution in [0.3, 0.4) is 0 Å². The molecule has 2 aromatic heterocycles. The first kappa shape index (κ1) is 19.7. The Balaban J connectivity index is 1.49. The predicted molar refractivity (Wildman–Crippen MR) is 119 cm³/mol. The van der Waals surface area contributed by atoms with Crippen molar-refractivity contribution in [1.29, 1.82) is 5.26 Å². The number of hydrogen-bond acceptors (Lipinski definition) is 6. The molecule has 5 rings (SSSR count). The van der Waals surface area contributed by atoms with E-state index in [4.69, 9.17) is 9.72 Å². The summed E-state index contributed by atoms with van der Waals surface area (Å²) in [5.41, 5.74) is 5.15. The quantitative estimate of drug-likeness (QED) is 0.670. The molecule has 2 amide bonds. The minimum Gasteiger partial charge on any atom is -0.380 e. The predicted octanol–water partition coefficient (Wildman–Crippen LogP) is 4.22. The summed E-state index contributed by atoms with van der Waals surface area (Å²) in [6, 6.07) is 13.4. The molecule has 1 N–H and O–H groups in total. The van der Waals surface area contributed by atoms with Gasteiger partial charge in [0, 0.05) is 30.0 Å². The minimum absolute atomic E-state index is 0.141. The third-order valence-electron chi connectivity index (χ3n) is 5.61. The molecule has 4 heterocycles. The number of nitrogens with zero attached hydrogens (tertiary/aromatic N) is 4. The maximum absolute atomic E-state index is 12.7. The van der Waals surface area contributed by atoms with Crippen LogP contribution in [0.5, 0.6) is 0 Å². The molecule has 0 atom stereocenters. The van der Waals surface area contributed by atoms with E-state index in [9.17, 15) is 10.1 Å². The molecule has 2 saturated heterocycles. The fourth-order valence-corrected chi connectivity index (χ4v) is 5.08. The highest BCUT2D eigenvalue weighted by Gasteiger charge is 2.50. The van der Waals surface area contributed by atoms with Crippen molar-refractivity contribution in [2.24, 2.45) is 5.41 Å². The number of aromatic nitrogens is 2. The van der Waals surface area contributed by atoms with E-state index < -0.39 is 0 Å². The number of aryl methyl sites for hydroxylation is 2. The summed E-state index contributed by atoms with van der Waals surface area (Å²) in [7, 11) is 0. The second kappa shape index (κ2) is 7.45. The Morgan fingerprint density at radius 3 is 2.55 bits per heavy atom. The zero-order valence-electron chi connectivity index (χ0n) is 17.3. The van der Waals surface area contributed by atoms with Crippen molar-refractivity contribution in [2.45, 2.75) is 13.8 Å². The van der Waals surface area contributed by atoms with E-state index >= 15 is 0 Å². The standard InChI is InChI=1S/C23H21N5O2S/c1-14-6-18(7-15(2)25-14)20-19(17-5-3-4-16(8-17)9-24)26-21(31-20)27-22(29)28-10-23(11-28)12-30-13-23/h3-8H,10-13H2,1-2H3,(H,26,27,29). The maximum Gasteiger partial charge on any atom is 0.323 e. The first-order valence-corrected chi connectivity index (χ1v) is 10.9. The van der Waals surface area contributed by atoms with E-state index in [1.165, 1.54) is 11.3 Å². The number of anilines is 1. The number of urea groups is 1. The number of hydrogen-bond donors (Lipinski definition) is 1. The molecule has 1 spiro atoms. The van der Waals surface area contributed by atoms with Crippen molar-refractivity contribution in [3.8, 4) is 27.8 Å². The van der Waals surface area contributed by atoms with Crippen molar-refractivity contribution in [2.75, 3.05) is 31.6 Å². The van der Waals surface area contributed by atoms with Crippen molar-refractivity contribution in [3.63, 3.8) is 0 Å². The first-order valence-electron chi connectivity index (χ1n) is 10.1. The molecular formula is C23H21N5O2S. The van der Waals surface area contributed by atoms with Gasteiger partial charge in [0.15, 0.2) is 5.13 Å². The molecule has 31 heavy (non-hydrogen) atoms. The highest BCUT2D eigenvalue weighted by atomic mass is 32.1. The van der Waals surface area contributed by atoms with Crippen molar-refractivity contribution >= 4 is 22.5 Å². The van der Waals surface area contributed by atoms with E-state index in [0.717, 1.165) is 59.4 Å². The zero-order valence-corrected chi connectivity index (χ0v) is 18.1. The summed E-state index contributed by atoms with van der Waals surface area (Å²) in [5, 5.41) is 12.8. The van der Waals surface area contributed by atoms with Gasteiger partial charge in [-0.25, -0.2) is 9.78 Å². The minimum atomic E-state index is -0.141. The summed E-state index contributed by atoms with van der Waals surface area (Å²) >= 11 is 1.43. The van der Waals surface area contributed by atoms with Crippen LogP contribution in [0, 0.1) is 30.6 Å². The van der Waals surface area contributed by atoms with Crippen LogP contribution in [0.1, 0.15) is 17.0 Å². The van der Waals surface area contributed by atoms with Gasteiger partial charge in [0.1, 0.15) is 0 Å². The Morgan fingerprint density at radius 2 is 1.90 bits per heavy atom. The summed E-state index contributed by atoms with van der Waals surface area (Å²) < 4.78 is 5.28. The van der Waals surface area contributed by atoms with Gasteiger partial charge in [-0.2, -0.15) is 5.26 Å². The van der Waals surface area contributed by atoms with Gasteiger partial charge in [-0.3, -0.25) is 10.3 Å². The highest BCUT2D eigenvalue weighted by molar-refractivity contribution is 7.19. The Hall–Kier alpha value is -3.28. The van der Waals surface area contributed by atoms with Gasteiger partial charge in [-0.1, -0.05) is 23.5 Å². The van der Waals surface area contributed by atoms with Gasteiger partial charge in [0.25, 0.3) is 0 Å². The first-order chi connectivity index (χ1) is 14.9. The molecule has 1 aromatic carbocycles. The van der Waals surface area contributed by atoms with Gasteiger partial charge < -0.3 is 9.64 Å². The molecule has 2 aliphatic rings. The number of carbonyl (C=O) groups is 1. The molecule has 2 fully saturated rings. The number of amides is 2. The summed E-state index contributed by atoms with van der Waals surface area (Å²) in [5.74, 6) is 0. The maximum atomic E-state index is 12.7. The van der Waals surface area contributed by atoms with E-state index in [0.29, 0.717) is 10.7 Å². The van der Waals surface area contributed by atoms with E-state index in [1.807, 2.05) is 44.2 Å². The normalized spacial score (nSPS) is 16.4. The lowest BCUT2D eigenvalue weighted by molar-refractivity contribution is -0.174. The molecule has 7 nitrogen and oxygen atoms in total. The number of rotatable bonds is 3. The Morgan fingerprint density at radius 1 is 1.16 bits per heavy atom. The second-order valence-electron chi connectivity index (χ2n) is 8.31. The fourth-order valence-electron chi connectivity index (χ4n) is 4.12. The number of carbonyl (C=O) groups excluding carboxylic acids is 1. The summed E-state index contributed by atoms with van der Waals surface area (Å²) in [6.07, 6.45) is 0. The number of thiazole rings is 1. The van der Waals surface area contributed by atoms with E-state index in [2.05, 4.69) is 16.4 Å². The van der Waals surface area contributed by atoms with Crippen LogP contribution in [0.2, 0.25) is 0 Å². The molecule has 0 bridgehead atoms. The Kier molecular flexibility index (Phi) is 4.73. The third kappa shape index (κ3) is 3.67. The van der Waals surface area contributed by atoms with Crippen LogP contribution in [0.25, 0.3) is 21.7 Å². The number of benzene rings is 1. The highest BCUT2D eigenvalue weighted by Crippen LogP contribution is 2.41. The van der Waals surface area contributed by atoms with Crippen LogP contribution < -0.4 is 5.32 Å². The lowest BCUT2D eigenvalue weighted by Crippen LogP contribution is -2.67. The smallest absolute Gasteiger partial charge is 0.323 e. The van der Waals surface area contributed by atoms with Crippen molar-refractivity contribution in [1.82, 2.24) is 14.9 Å². The summed E-state index contributed by atoms with van der Waals surface area (Å²) in [6.45, 7) is 6.82. The molecule has 0 saturated carbocycles. The van der Waals surface area contributed by atoms with Gasteiger partial charge in [0.05, 0.1) is 40.8 Å². The topological polar surface area (TPSA) is 91.1 Å². The van der Waals surface area contributed by atoms with Gasteiger partial charge in [-0.15, -0.1) is 0 Å². The zero-order chi connectivity index (χ0) is 21.6. The average Bonchev–Trinajstić information content (AvgIpc) is 3.09. The lowest BCUT2D eigenvalue weighted by atomic mass is 9.78. The van der Waals surface area contributed by atoms with Crippen LogP contribution in [-0.2, 0) is 4.74 Å². The van der Waals surface area contributed by atoms with Gasteiger partial charge >= 0.3 is 6.03 Å². The molecule has 156 valence electrons. The molecule has 0 unspecified atom stereocenters.